The first kappa shape index (κ1) is 11.2. The molecule has 2 aliphatic heterocycles. The molecule has 0 aliphatic carbocycles. The van der Waals surface area contributed by atoms with Gasteiger partial charge in [0.25, 0.3) is 0 Å². The van der Waals surface area contributed by atoms with E-state index in [1.807, 2.05) is 0 Å². The summed E-state index contributed by atoms with van der Waals surface area (Å²) in [4.78, 5) is 0. The highest BCUT2D eigenvalue weighted by Gasteiger charge is 2.41. The SMILES string of the molecule is Cl.FC1CCCNC12CCNCC2. The van der Waals surface area contributed by atoms with Gasteiger partial charge in [0.1, 0.15) is 6.17 Å². The number of alkyl halides is 1. The van der Waals surface area contributed by atoms with Crippen LogP contribution in [0.1, 0.15) is 25.7 Å². The highest BCUT2D eigenvalue weighted by Crippen LogP contribution is 2.30. The molecule has 0 bridgehead atoms. The van der Waals surface area contributed by atoms with Crippen LogP contribution < -0.4 is 10.6 Å². The van der Waals surface area contributed by atoms with Gasteiger partial charge in [0, 0.05) is 0 Å². The molecule has 1 atom stereocenters. The van der Waals surface area contributed by atoms with Crippen LogP contribution in [-0.2, 0) is 0 Å². The number of hydrogen-bond acceptors (Lipinski definition) is 2. The lowest BCUT2D eigenvalue weighted by Gasteiger charge is -2.44. The van der Waals surface area contributed by atoms with Gasteiger partial charge in [0.15, 0.2) is 0 Å². The predicted molar refractivity (Wildman–Crippen MR) is 54.2 cm³/mol. The second-order valence-electron chi connectivity index (χ2n) is 3.94. The standard InChI is InChI=1S/C9H17FN2.ClH/c10-8-2-1-5-12-9(8)3-6-11-7-4-9;/h8,11-12H,1-7H2;1H. The van der Waals surface area contributed by atoms with Crippen LogP contribution in [0.4, 0.5) is 4.39 Å². The smallest absolute Gasteiger partial charge is 0.118 e. The van der Waals surface area contributed by atoms with Crippen molar-refractivity contribution in [1.82, 2.24) is 10.6 Å². The maximum Gasteiger partial charge on any atom is 0.118 e. The zero-order chi connectivity index (χ0) is 8.44. The summed E-state index contributed by atoms with van der Waals surface area (Å²) >= 11 is 0. The summed E-state index contributed by atoms with van der Waals surface area (Å²) in [6, 6.07) is 0. The molecule has 2 nitrogen and oxygen atoms in total. The zero-order valence-electron chi connectivity index (χ0n) is 7.81. The molecule has 2 heterocycles. The molecule has 0 radical (unpaired) electrons. The molecular weight excluding hydrogens is 191 g/mol. The number of piperidine rings is 2. The Morgan fingerprint density at radius 2 is 1.85 bits per heavy atom. The quantitative estimate of drug-likeness (QED) is 0.626. The number of nitrogens with one attached hydrogen (secondary N) is 2. The van der Waals surface area contributed by atoms with E-state index < -0.39 is 6.17 Å². The van der Waals surface area contributed by atoms with E-state index in [-0.39, 0.29) is 17.9 Å². The van der Waals surface area contributed by atoms with E-state index >= 15 is 0 Å². The van der Waals surface area contributed by atoms with Crippen molar-refractivity contribution in [3.63, 3.8) is 0 Å². The topological polar surface area (TPSA) is 24.1 Å². The Labute approximate surface area is 85.1 Å². The molecule has 4 heteroatoms. The molecule has 0 saturated carbocycles. The van der Waals surface area contributed by atoms with Crippen LogP contribution in [0.25, 0.3) is 0 Å². The first-order valence-electron chi connectivity index (χ1n) is 4.93. The zero-order valence-corrected chi connectivity index (χ0v) is 8.63. The van der Waals surface area contributed by atoms with Crippen molar-refractivity contribution in [3.05, 3.63) is 0 Å². The second-order valence-corrected chi connectivity index (χ2v) is 3.94. The summed E-state index contributed by atoms with van der Waals surface area (Å²) < 4.78 is 13.6. The minimum absolute atomic E-state index is 0. The van der Waals surface area contributed by atoms with E-state index in [1.54, 1.807) is 0 Å². The van der Waals surface area contributed by atoms with Crippen LogP contribution in [-0.4, -0.2) is 31.3 Å². The molecule has 2 fully saturated rings. The molecular formula is C9H18ClFN2. The molecule has 0 aromatic rings. The molecule has 2 aliphatic rings. The summed E-state index contributed by atoms with van der Waals surface area (Å²) in [5.74, 6) is 0. The minimum atomic E-state index is -0.617. The monoisotopic (exact) mass is 208 g/mol. The van der Waals surface area contributed by atoms with Gasteiger partial charge >= 0.3 is 0 Å². The summed E-state index contributed by atoms with van der Waals surface area (Å²) in [5, 5.41) is 6.64. The van der Waals surface area contributed by atoms with Crippen molar-refractivity contribution in [2.24, 2.45) is 0 Å². The van der Waals surface area contributed by atoms with Crippen molar-refractivity contribution >= 4 is 12.4 Å². The normalized spacial score (nSPS) is 32.5. The van der Waals surface area contributed by atoms with Gasteiger partial charge in [-0.1, -0.05) is 0 Å². The Balaban J connectivity index is 0.000000845. The van der Waals surface area contributed by atoms with Gasteiger partial charge in [-0.25, -0.2) is 4.39 Å². The number of rotatable bonds is 0. The average molecular weight is 209 g/mol. The third kappa shape index (κ3) is 2.14. The Kier molecular flexibility index (Phi) is 3.95. The van der Waals surface area contributed by atoms with E-state index in [4.69, 9.17) is 0 Å². The molecule has 2 rings (SSSR count). The molecule has 1 spiro atoms. The Hall–Kier alpha value is 0.140. The van der Waals surface area contributed by atoms with Gasteiger partial charge in [0.2, 0.25) is 0 Å². The minimum Gasteiger partial charge on any atom is -0.317 e. The van der Waals surface area contributed by atoms with Crippen LogP contribution in [0, 0.1) is 0 Å². The third-order valence-electron chi connectivity index (χ3n) is 3.21. The lowest BCUT2D eigenvalue weighted by atomic mass is 9.79. The van der Waals surface area contributed by atoms with Crippen LogP contribution in [0.3, 0.4) is 0 Å². The molecule has 0 aromatic carbocycles. The summed E-state index contributed by atoms with van der Waals surface area (Å²) in [5.41, 5.74) is -0.163. The van der Waals surface area contributed by atoms with Crippen molar-refractivity contribution in [1.29, 1.82) is 0 Å². The highest BCUT2D eigenvalue weighted by atomic mass is 35.5. The van der Waals surface area contributed by atoms with Gasteiger partial charge < -0.3 is 10.6 Å². The van der Waals surface area contributed by atoms with E-state index in [0.717, 1.165) is 45.3 Å². The molecule has 2 N–H and O–H groups in total. The van der Waals surface area contributed by atoms with Crippen molar-refractivity contribution in [3.8, 4) is 0 Å². The van der Waals surface area contributed by atoms with E-state index in [0.29, 0.717) is 0 Å². The van der Waals surface area contributed by atoms with Gasteiger partial charge in [-0.3, -0.25) is 0 Å². The van der Waals surface area contributed by atoms with Crippen molar-refractivity contribution in [2.45, 2.75) is 37.4 Å². The van der Waals surface area contributed by atoms with E-state index in [1.165, 1.54) is 0 Å². The third-order valence-corrected chi connectivity index (χ3v) is 3.21. The van der Waals surface area contributed by atoms with Crippen molar-refractivity contribution in [2.75, 3.05) is 19.6 Å². The number of hydrogen-bond donors (Lipinski definition) is 2. The van der Waals surface area contributed by atoms with Gasteiger partial charge in [0.05, 0.1) is 5.54 Å². The highest BCUT2D eigenvalue weighted by molar-refractivity contribution is 5.85. The van der Waals surface area contributed by atoms with Gasteiger partial charge in [-0.15, -0.1) is 12.4 Å². The van der Waals surface area contributed by atoms with E-state index in [2.05, 4.69) is 10.6 Å². The number of halogens is 2. The van der Waals surface area contributed by atoms with Gasteiger partial charge in [-0.2, -0.15) is 0 Å². The van der Waals surface area contributed by atoms with Crippen LogP contribution in [0.15, 0.2) is 0 Å². The van der Waals surface area contributed by atoms with Crippen molar-refractivity contribution < 1.29 is 4.39 Å². The average Bonchev–Trinajstić information content (AvgIpc) is 2.12. The molecule has 13 heavy (non-hydrogen) atoms. The predicted octanol–water partition coefficient (Wildman–Crippen LogP) is 1.25. The Morgan fingerprint density at radius 1 is 1.15 bits per heavy atom. The molecule has 2 saturated heterocycles. The Morgan fingerprint density at radius 3 is 2.46 bits per heavy atom. The van der Waals surface area contributed by atoms with Crippen LogP contribution in [0.2, 0.25) is 0 Å². The van der Waals surface area contributed by atoms with Crippen LogP contribution in [0.5, 0.6) is 0 Å². The fraction of sp³-hybridized carbons (Fsp3) is 1.00. The maximum atomic E-state index is 13.6. The lowest BCUT2D eigenvalue weighted by Crippen LogP contribution is -2.60. The molecule has 0 aromatic heterocycles. The maximum absolute atomic E-state index is 13.6. The first-order valence-corrected chi connectivity index (χ1v) is 4.93. The fourth-order valence-electron chi connectivity index (χ4n) is 2.37. The summed E-state index contributed by atoms with van der Waals surface area (Å²) in [6.45, 7) is 2.93. The molecule has 78 valence electrons. The van der Waals surface area contributed by atoms with Gasteiger partial charge in [-0.05, 0) is 45.3 Å². The largest absolute Gasteiger partial charge is 0.317 e. The lowest BCUT2D eigenvalue weighted by molar-refractivity contribution is 0.0778. The second kappa shape index (κ2) is 4.58. The molecule has 1 unspecified atom stereocenters. The first-order chi connectivity index (χ1) is 5.83. The van der Waals surface area contributed by atoms with E-state index in [9.17, 15) is 4.39 Å². The molecule has 0 amide bonds. The summed E-state index contributed by atoms with van der Waals surface area (Å²) in [7, 11) is 0. The Bertz CT molecular complexity index is 151. The van der Waals surface area contributed by atoms with Crippen LogP contribution >= 0.6 is 12.4 Å². The summed E-state index contributed by atoms with van der Waals surface area (Å²) in [6.07, 6.45) is 3.04. The fourth-order valence-corrected chi connectivity index (χ4v) is 2.37.